The van der Waals surface area contributed by atoms with Crippen molar-refractivity contribution in [1.29, 1.82) is 0 Å². The molecule has 1 amide bonds. The molecule has 0 bridgehead atoms. The minimum absolute atomic E-state index is 0.00559. The molecule has 39 heavy (non-hydrogen) atoms. The summed E-state index contributed by atoms with van der Waals surface area (Å²) in [5.74, 6) is -0.831. The van der Waals surface area contributed by atoms with Crippen LogP contribution in [0.1, 0.15) is 87.0 Å². The van der Waals surface area contributed by atoms with Crippen LogP contribution in [0.5, 0.6) is 0 Å². The molecule has 9 heteroatoms. The van der Waals surface area contributed by atoms with E-state index < -0.39 is 12.2 Å². The number of hydrogen-bond donors (Lipinski definition) is 1. The Bertz CT molecular complexity index is 924. The van der Waals surface area contributed by atoms with Gasteiger partial charge in [-0.25, -0.2) is 9.59 Å². The second-order valence-electron chi connectivity index (χ2n) is 10.6. The van der Waals surface area contributed by atoms with Crippen LogP contribution >= 0.6 is 0 Å². The highest BCUT2D eigenvalue weighted by Crippen LogP contribution is 2.39. The molecule has 3 aliphatic rings. The molecule has 1 aliphatic heterocycles. The number of fused-ring (bicyclic) bond motifs is 2. The van der Waals surface area contributed by atoms with Crippen molar-refractivity contribution in [2.24, 2.45) is 0 Å². The van der Waals surface area contributed by atoms with Gasteiger partial charge < -0.3 is 29.2 Å². The lowest BCUT2D eigenvalue weighted by Gasteiger charge is -2.56. The van der Waals surface area contributed by atoms with Crippen molar-refractivity contribution in [3.05, 3.63) is 23.3 Å². The average molecular weight is 549 g/mol. The minimum Gasteiger partial charge on any atom is -0.463 e. The van der Waals surface area contributed by atoms with E-state index in [1.54, 1.807) is 20.8 Å². The van der Waals surface area contributed by atoms with Crippen molar-refractivity contribution in [3.8, 4) is 0 Å². The summed E-state index contributed by atoms with van der Waals surface area (Å²) in [5.41, 5.74) is 1.08. The van der Waals surface area contributed by atoms with Gasteiger partial charge in [0.05, 0.1) is 55.8 Å². The number of hydrogen-bond acceptors (Lipinski definition) is 8. The van der Waals surface area contributed by atoms with Crippen molar-refractivity contribution >= 4 is 17.8 Å². The molecule has 0 radical (unpaired) electrons. The molecule has 6 atom stereocenters. The van der Waals surface area contributed by atoms with Crippen LogP contribution in [0.2, 0.25) is 0 Å². The number of carbonyl (C=O) groups is 3. The fraction of sp³-hybridized carbons (Fsp3) is 0.767. The van der Waals surface area contributed by atoms with Gasteiger partial charge in [-0.3, -0.25) is 4.79 Å². The molecule has 0 unspecified atom stereocenters. The Hall–Kier alpha value is -2.23. The summed E-state index contributed by atoms with van der Waals surface area (Å²) in [5, 5.41) is 3.76. The number of amides is 1. The molecule has 9 nitrogen and oxygen atoms in total. The zero-order valence-corrected chi connectivity index (χ0v) is 24.7. The van der Waals surface area contributed by atoms with E-state index in [9.17, 15) is 14.4 Å². The number of nitrogens with zero attached hydrogens (tertiary/aromatic N) is 1. The van der Waals surface area contributed by atoms with Gasteiger partial charge in [0, 0.05) is 30.5 Å². The predicted molar refractivity (Wildman–Crippen MR) is 148 cm³/mol. The number of piperazine rings is 1. The third kappa shape index (κ3) is 7.11. The molecular weight excluding hydrogens is 500 g/mol. The minimum atomic E-state index is -0.499. The summed E-state index contributed by atoms with van der Waals surface area (Å²) in [4.78, 5) is 41.1. The molecule has 0 aromatic rings. The molecule has 0 saturated carbocycles. The van der Waals surface area contributed by atoms with Crippen LogP contribution in [0.25, 0.3) is 0 Å². The fourth-order valence-corrected chi connectivity index (χ4v) is 6.19. The van der Waals surface area contributed by atoms with Crippen LogP contribution in [-0.4, -0.2) is 84.5 Å². The van der Waals surface area contributed by atoms with Crippen molar-refractivity contribution in [2.75, 3.05) is 13.2 Å². The summed E-state index contributed by atoms with van der Waals surface area (Å²) < 4.78 is 23.8. The molecule has 1 N–H and O–H groups in total. The Labute approximate surface area is 233 Å². The van der Waals surface area contributed by atoms with Gasteiger partial charge in [0.2, 0.25) is 5.91 Å². The van der Waals surface area contributed by atoms with Gasteiger partial charge in [0.25, 0.3) is 0 Å². The Morgan fingerprint density at radius 1 is 0.821 bits per heavy atom. The summed E-state index contributed by atoms with van der Waals surface area (Å²) in [6.07, 6.45) is 6.81. The first kappa shape index (κ1) is 31.3. The van der Waals surface area contributed by atoms with Crippen LogP contribution in [-0.2, 0) is 33.3 Å². The highest BCUT2D eigenvalue weighted by atomic mass is 16.5. The van der Waals surface area contributed by atoms with Crippen LogP contribution in [0.4, 0.5) is 0 Å². The maximum atomic E-state index is 13.4. The highest BCUT2D eigenvalue weighted by molar-refractivity contribution is 5.90. The third-order valence-electron chi connectivity index (χ3n) is 8.16. The Morgan fingerprint density at radius 3 is 1.79 bits per heavy atom. The molecule has 0 spiro atoms. The SMILES string of the molecule is CCOC(=O)C1=C[C@@H](OC(CC)CC)[C@H]2[C@H](C1)N[C@H]1[C@H](OC(CC)CC)C=C(C(=O)OCC)C[C@@H]1N2C(C)=O. The number of esters is 2. The van der Waals surface area contributed by atoms with E-state index >= 15 is 0 Å². The lowest BCUT2D eigenvalue weighted by atomic mass is 9.77. The smallest absolute Gasteiger partial charge is 0.333 e. The summed E-state index contributed by atoms with van der Waals surface area (Å²) >= 11 is 0. The first-order chi connectivity index (χ1) is 18.7. The van der Waals surface area contributed by atoms with E-state index in [1.807, 2.05) is 17.1 Å². The van der Waals surface area contributed by atoms with Gasteiger partial charge in [0.15, 0.2) is 0 Å². The molecular formula is C30H48N2O7. The van der Waals surface area contributed by atoms with E-state index in [-0.39, 0.29) is 67.4 Å². The van der Waals surface area contributed by atoms with Crippen LogP contribution in [0.3, 0.4) is 0 Å². The zero-order chi connectivity index (χ0) is 28.7. The molecule has 3 rings (SSSR count). The zero-order valence-electron chi connectivity index (χ0n) is 24.7. The summed E-state index contributed by atoms with van der Waals surface area (Å²) in [6.45, 7) is 14.0. The second kappa shape index (κ2) is 14.4. The standard InChI is InChI=1S/C30H48N2O7/c1-8-21(9-2)38-25-16-20(30(35)37-13-6)15-24-27(25)31-23-14-19(29(34)36-12-5)17-26(39-22(10-3)11-4)28(23)32(24)18(7)33/h16-17,21-28,31H,8-15H2,1-7H3/t23-,24-,25+,26+,27+,28+/m0/s1. The van der Waals surface area contributed by atoms with Gasteiger partial charge in [-0.2, -0.15) is 0 Å². The fourth-order valence-electron chi connectivity index (χ4n) is 6.19. The van der Waals surface area contributed by atoms with E-state index in [0.29, 0.717) is 24.0 Å². The van der Waals surface area contributed by atoms with Crippen molar-refractivity contribution in [1.82, 2.24) is 10.2 Å². The first-order valence-corrected chi connectivity index (χ1v) is 14.8. The van der Waals surface area contributed by atoms with Gasteiger partial charge in [-0.05, 0) is 58.1 Å². The monoisotopic (exact) mass is 548 g/mol. The molecule has 1 fully saturated rings. The van der Waals surface area contributed by atoms with Crippen molar-refractivity contribution in [2.45, 2.75) is 136 Å². The quantitative estimate of drug-likeness (QED) is 0.367. The van der Waals surface area contributed by atoms with Crippen LogP contribution in [0, 0.1) is 0 Å². The van der Waals surface area contributed by atoms with Crippen LogP contribution < -0.4 is 5.32 Å². The van der Waals surface area contributed by atoms with Gasteiger partial charge in [0.1, 0.15) is 0 Å². The summed E-state index contributed by atoms with van der Waals surface area (Å²) in [7, 11) is 0. The Kier molecular flexibility index (Phi) is 11.6. The molecule has 1 heterocycles. The topological polar surface area (TPSA) is 103 Å². The maximum absolute atomic E-state index is 13.4. The van der Waals surface area contributed by atoms with Gasteiger partial charge in [-0.15, -0.1) is 0 Å². The molecule has 0 aromatic carbocycles. The molecule has 220 valence electrons. The first-order valence-electron chi connectivity index (χ1n) is 14.8. The Morgan fingerprint density at radius 2 is 1.31 bits per heavy atom. The number of nitrogens with one attached hydrogen (secondary N) is 1. The highest BCUT2D eigenvalue weighted by Gasteiger charge is 2.53. The normalized spacial score (nSPS) is 28.4. The van der Waals surface area contributed by atoms with Gasteiger partial charge in [-0.1, -0.05) is 27.7 Å². The molecule has 0 aromatic heterocycles. The lowest BCUT2D eigenvalue weighted by Crippen LogP contribution is -2.75. The lowest BCUT2D eigenvalue weighted by molar-refractivity contribution is -0.154. The third-order valence-corrected chi connectivity index (χ3v) is 8.16. The predicted octanol–water partition coefficient (Wildman–Crippen LogP) is 3.85. The largest absolute Gasteiger partial charge is 0.463 e. The van der Waals surface area contributed by atoms with E-state index in [1.165, 1.54) is 0 Å². The van der Waals surface area contributed by atoms with Crippen molar-refractivity contribution < 1.29 is 33.3 Å². The Balaban J connectivity index is 2.07. The average Bonchev–Trinajstić information content (AvgIpc) is 2.92. The number of ether oxygens (including phenoxy) is 4. The second-order valence-corrected chi connectivity index (χ2v) is 10.6. The maximum Gasteiger partial charge on any atom is 0.333 e. The number of rotatable bonds is 12. The van der Waals surface area contributed by atoms with E-state index in [2.05, 4.69) is 33.0 Å². The van der Waals surface area contributed by atoms with E-state index in [0.717, 1.165) is 25.7 Å². The summed E-state index contributed by atoms with van der Waals surface area (Å²) in [6, 6.07) is -1.19. The molecule has 1 saturated heterocycles. The number of carbonyl (C=O) groups excluding carboxylic acids is 3. The van der Waals surface area contributed by atoms with E-state index in [4.69, 9.17) is 18.9 Å². The van der Waals surface area contributed by atoms with Gasteiger partial charge >= 0.3 is 11.9 Å². The van der Waals surface area contributed by atoms with Crippen LogP contribution in [0.15, 0.2) is 23.3 Å². The van der Waals surface area contributed by atoms with Crippen molar-refractivity contribution in [3.63, 3.8) is 0 Å². The molecule has 2 aliphatic carbocycles.